The van der Waals surface area contributed by atoms with Crippen molar-refractivity contribution < 1.29 is 19.1 Å². The van der Waals surface area contributed by atoms with E-state index in [-0.39, 0.29) is 5.56 Å². The number of carboxylic acids is 1. The number of aromatic nitrogens is 1. The van der Waals surface area contributed by atoms with Crippen LogP contribution in [0.25, 0.3) is 10.9 Å². The van der Waals surface area contributed by atoms with E-state index in [1.54, 1.807) is 19.2 Å². The molecule has 106 valence electrons. The van der Waals surface area contributed by atoms with Gasteiger partial charge in [-0.15, -0.1) is 0 Å². The Balaban J connectivity index is 2.26. The van der Waals surface area contributed by atoms with Crippen LogP contribution in [-0.4, -0.2) is 28.0 Å². The van der Waals surface area contributed by atoms with E-state index in [0.717, 1.165) is 0 Å². The molecular weight excluding hydrogens is 263 g/mol. The third-order valence-electron chi connectivity index (χ3n) is 3.41. The summed E-state index contributed by atoms with van der Waals surface area (Å²) in [6.07, 6.45) is 1.55. The molecular formula is C14H15FN2O3. The molecule has 0 saturated heterocycles. The highest BCUT2D eigenvalue weighted by atomic mass is 19.1. The number of nitrogens with one attached hydrogen (secondary N) is 2. The van der Waals surface area contributed by atoms with Crippen molar-refractivity contribution in [2.75, 3.05) is 0 Å². The van der Waals surface area contributed by atoms with Crippen LogP contribution in [0, 0.1) is 11.7 Å². The lowest BCUT2D eigenvalue weighted by atomic mass is 10.0. The maximum atomic E-state index is 13.5. The first-order chi connectivity index (χ1) is 9.41. The van der Waals surface area contributed by atoms with Crippen LogP contribution in [0.2, 0.25) is 0 Å². The summed E-state index contributed by atoms with van der Waals surface area (Å²) < 4.78 is 13.5. The molecule has 20 heavy (non-hydrogen) atoms. The SMILES string of the molecule is CC(C(=O)O)[C@H](C)NC(=O)c1ccc(F)c2cc[nH]c12. The van der Waals surface area contributed by atoms with Gasteiger partial charge in [0, 0.05) is 17.6 Å². The summed E-state index contributed by atoms with van der Waals surface area (Å²) in [7, 11) is 0. The molecule has 0 aliphatic carbocycles. The van der Waals surface area contributed by atoms with Gasteiger partial charge in [0.15, 0.2) is 0 Å². The number of halogens is 1. The highest BCUT2D eigenvalue weighted by molar-refractivity contribution is 6.06. The van der Waals surface area contributed by atoms with Crippen LogP contribution in [0.1, 0.15) is 24.2 Å². The van der Waals surface area contributed by atoms with Crippen molar-refractivity contribution in [2.45, 2.75) is 19.9 Å². The Labute approximate surface area is 114 Å². The maximum Gasteiger partial charge on any atom is 0.308 e. The monoisotopic (exact) mass is 278 g/mol. The molecule has 1 aromatic carbocycles. The van der Waals surface area contributed by atoms with Crippen LogP contribution in [0.5, 0.6) is 0 Å². The van der Waals surface area contributed by atoms with Gasteiger partial charge in [0.2, 0.25) is 0 Å². The molecule has 0 spiro atoms. The quantitative estimate of drug-likeness (QED) is 0.801. The molecule has 2 rings (SSSR count). The van der Waals surface area contributed by atoms with E-state index >= 15 is 0 Å². The molecule has 1 heterocycles. The van der Waals surface area contributed by atoms with Crippen LogP contribution in [0.3, 0.4) is 0 Å². The van der Waals surface area contributed by atoms with E-state index < -0.39 is 29.7 Å². The average Bonchev–Trinajstić information content (AvgIpc) is 2.87. The normalized spacial score (nSPS) is 13.9. The Bertz CT molecular complexity index is 665. The summed E-state index contributed by atoms with van der Waals surface area (Å²) >= 11 is 0. The van der Waals surface area contributed by atoms with Gasteiger partial charge in [0.05, 0.1) is 17.0 Å². The lowest BCUT2D eigenvalue weighted by Crippen LogP contribution is -2.40. The fourth-order valence-electron chi connectivity index (χ4n) is 1.93. The van der Waals surface area contributed by atoms with Crippen molar-refractivity contribution >= 4 is 22.8 Å². The van der Waals surface area contributed by atoms with Crippen LogP contribution < -0.4 is 5.32 Å². The first kappa shape index (κ1) is 14.0. The van der Waals surface area contributed by atoms with Gasteiger partial charge in [0.25, 0.3) is 5.91 Å². The fourth-order valence-corrected chi connectivity index (χ4v) is 1.93. The average molecular weight is 278 g/mol. The molecule has 0 saturated carbocycles. The number of rotatable bonds is 4. The van der Waals surface area contributed by atoms with E-state index in [1.165, 1.54) is 19.1 Å². The highest BCUT2D eigenvalue weighted by Crippen LogP contribution is 2.20. The van der Waals surface area contributed by atoms with Crippen molar-refractivity contribution in [3.05, 3.63) is 35.8 Å². The lowest BCUT2D eigenvalue weighted by Gasteiger charge is -2.18. The minimum absolute atomic E-state index is 0.288. The van der Waals surface area contributed by atoms with Crippen LogP contribution in [-0.2, 0) is 4.79 Å². The molecule has 0 aliphatic rings. The first-order valence-corrected chi connectivity index (χ1v) is 6.21. The summed E-state index contributed by atoms with van der Waals surface area (Å²) in [6, 6.07) is 3.61. The smallest absolute Gasteiger partial charge is 0.308 e. The molecule has 1 amide bonds. The first-order valence-electron chi connectivity index (χ1n) is 6.21. The fraction of sp³-hybridized carbons (Fsp3) is 0.286. The summed E-state index contributed by atoms with van der Waals surface area (Å²) in [5.74, 6) is -2.54. The molecule has 3 N–H and O–H groups in total. The van der Waals surface area contributed by atoms with Gasteiger partial charge in [0.1, 0.15) is 5.82 Å². The Kier molecular flexibility index (Phi) is 3.74. The maximum absolute atomic E-state index is 13.5. The Morgan fingerprint density at radius 3 is 2.65 bits per heavy atom. The number of aliphatic carboxylic acids is 1. The largest absolute Gasteiger partial charge is 0.481 e. The zero-order valence-electron chi connectivity index (χ0n) is 11.1. The number of amides is 1. The molecule has 0 radical (unpaired) electrons. The Morgan fingerprint density at radius 2 is 2.00 bits per heavy atom. The molecule has 1 unspecified atom stereocenters. The molecule has 0 bridgehead atoms. The Morgan fingerprint density at radius 1 is 1.30 bits per heavy atom. The second-order valence-corrected chi connectivity index (χ2v) is 4.75. The summed E-state index contributed by atoms with van der Waals surface area (Å²) in [4.78, 5) is 25.8. The highest BCUT2D eigenvalue weighted by Gasteiger charge is 2.22. The number of hydrogen-bond donors (Lipinski definition) is 3. The Hall–Kier alpha value is -2.37. The molecule has 2 atom stereocenters. The van der Waals surface area contributed by atoms with Gasteiger partial charge in [-0.2, -0.15) is 0 Å². The lowest BCUT2D eigenvalue weighted by molar-refractivity contribution is -0.141. The van der Waals surface area contributed by atoms with Crippen LogP contribution in [0.15, 0.2) is 24.4 Å². The number of carbonyl (C=O) groups excluding carboxylic acids is 1. The van der Waals surface area contributed by atoms with Crippen molar-refractivity contribution in [3.8, 4) is 0 Å². The number of fused-ring (bicyclic) bond motifs is 1. The predicted molar refractivity (Wildman–Crippen MR) is 72.0 cm³/mol. The van der Waals surface area contributed by atoms with Crippen LogP contribution in [0.4, 0.5) is 4.39 Å². The van der Waals surface area contributed by atoms with E-state index in [9.17, 15) is 14.0 Å². The summed E-state index contributed by atoms with van der Waals surface area (Å²) in [6.45, 7) is 3.13. The van der Waals surface area contributed by atoms with Gasteiger partial charge in [-0.3, -0.25) is 9.59 Å². The van der Waals surface area contributed by atoms with Crippen molar-refractivity contribution in [1.82, 2.24) is 10.3 Å². The van der Waals surface area contributed by atoms with Crippen LogP contribution >= 0.6 is 0 Å². The number of H-pyrrole nitrogens is 1. The van der Waals surface area contributed by atoms with Gasteiger partial charge in [-0.1, -0.05) is 0 Å². The number of carboxylic acid groups (broad SMARTS) is 1. The second-order valence-electron chi connectivity index (χ2n) is 4.75. The van der Waals surface area contributed by atoms with E-state index in [2.05, 4.69) is 10.3 Å². The number of hydrogen-bond acceptors (Lipinski definition) is 2. The van der Waals surface area contributed by atoms with Gasteiger partial charge in [-0.05, 0) is 32.0 Å². The van der Waals surface area contributed by atoms with Crippen molar-refractivity contribution in [2.24, 2.45) is 5.92 Å². The molecule has 0 aliphatic heterocycles. The third kappa shape index (κ3) is 2.49. The summed E-state index contributed by atoms with van der Waals surface area (Å²) in [5, 5.41) is 11.9. The van der Waals surface area contributed by atoms with E-state index in [1.807, 2.05) is 0 Å². The zero-order valence-corrected chi connectivity index (χ0v) is 11.1. The topological polar surface area (TPSA) is 82.2 Å². The van der Waals surface area contributed by atoms with E-state index in [0.29, 0.717) is 10.9 Å². The predicted octanol–water partition coefficient (Wildman–Crippen LogP) is 2.15. The minimum atomic E-state index is -0.984. The minimum Gasteiger partial charge on any atom is -0.481 e. The van der Waals surface area contributed by atoms with Crippen molar-refractivity contribution in [3.63, 3.8) is 0 Å². The number of carbonyl (C=O) groups is 2. The van der Waals surface area contributed by atoms with Crippen molar-refractivity contribution in [1.29, 1.82) is 0 Å². The molecule has 5 nitrogen and oxygen atoms in total. The zero-order chi connectivity index (χ0) is 14.9. The number of aromatic amines is 1. The molecule has 0 fully saturated rings. The molecule has 1 aromatic heterocycles. The molecule has 6 heteroatoms. The number of benzene rings is 1. The molecule has 2 aromatic rings. The summed E-state index contributed by atoms with van der Waals surface area (Å²) in [5.41, 5.74) is 0.688. The third-order valence-corrected chi connectivity index (χ3v) is 3.41. The standard InChI is InChI=1S/C14H15FN2O3/c1-7(14(19)20)8(2)17-13(18)10-3-4-11(15)9-5-6-16-12(9)10/h3-8,16H,1-2H3,(H,17,18)(H,19,20)/t7?,8-/m0/s1. The van der Waals surface area contributed by atoms with E-state index in [4.69, 9.17) is 5.11 Å². The second kappa shape index (κ2) is 5.32. The van der Waals surface area contributed by atoms with Gasteiger partial charge < -0.3 is 15.4 Å². The van der Waals surface area contributed by atoms with Gasteiger partial charge >= 0.3 is 5.97 Å². The van der Waals surface area contributed by atoms with Gasteiger partial charge in [-0.25, -0.2) is 4.39 Å².